The van der Waals surface area contributed by atoms with Crippen molar-refractivity contribution in [3.63, 3.8) is 0 Å². The molecule has 0 aliphatic rings. The number of anilines is 1. The van der Waals surface area contributed by atoms with Gasteiger partial charge in [0, 0.05) is 17.8 Å². The zero-order chi connectivity index (χ0) is 19.4. The Morgan fingerprint density at radius 3 is 2.67 bits per heavy atom. The van der Waals surface area contributed by atoms with Crippen molar-refractivity contribution in [1.29, 1.82) is 0 Å². The Morgan fingerprint density at radius 1 is 1.22 bits per heavy atom. The summed E-state index contributed by atoms with van der Waals surface area (Å²) in [5.74, 6) is 1.40. The summed E-state index contributed by atoms with van der Waals surface area (Å²) in [6.45, 7) is 2.00. The molecule has 8 heteroatoms. The Balaban J connectivity index is 1.70. The number of carbonyl (C=O) groups is 1. The average molecular weight is 403 g/mol. The van der Waals surface area contributed by atoms with E-state index >= 15 is 0 Å². The highest BCUT2D eigenvalue weighted by atomic mass is 35.5. The Bertz CT molecular complexity index is 957. The van der Waals surface area contributed by atoms with E-state index in [4.69, 9.17) is 16.3 Å². The second-order valence-electron chi connectivity index (χ2n) is 5.91. The lowest BCUT2D eigenvalue weighted by molar-refractivity contribution is -0.113. The molecular weight excluding hydrogens is 384 g/mol. The molecule has 3 rings (SSSR count). The molecule has 2 aromatic carbocycles. The van der Waals surface area contributed by atoms with Gasteiger partial charge in [-0.2, -0.15) is 0 Å². The predicted octanol–water partition coefficient (Wildman–Crippen LogP) is 4.18. The minimum Gasteiger partial charge on any atom is -0.496 e. The van der Waals surface area contributed by atoms with Crippen LogP contribution in [0.25, 0.3) is 11.4 Å². The number of methoxy groups -OCH3 is 1. The molecular formula is C19H19ClN4O2S. The zero-order valence-corrected chi connectivity index (χ0v) is 16.8. The number of aryl methyl sites for hydroxylation is 1. The molecule has 0 radical (unpaired) electrons. The molecule has 0 saturated heterocycles. The first-order valence-electron chi connectivity index (χ1n) is 8.20. The number of halogens is 1. The second-order valence-corrected chi connectivity index (χ2v) is 7.29. The topological polar surface area (TPSA) is 69.0 Å². The largest absolute Gasteiger partial charge is 0.496 e. The van der Waals surface area contributed by atoms with Gasteiger partial charge in [0.15, 0.2) is 11.0 Å². The molecule has 27 heavy (non-hydrogen) atoms. The van der Waals surface area contributed by atoms with E-state index in [2.05, 4.69) is 15.5 Å². The van der Waals surface area contributed by atoms with Crippen LogP contribution >= 0.6 is 23.4 Å². The van der Waals surface area contributed by atoms with Crippen LogP contribution < -0.4 is 10.1 Å². The summed E-state index contributed by atoms with van der Waals surface area (Å²) in [6.07, 6.45) is 0. The van der Waals surface area contributed by atoms with Gasteiger partial charge in [0.2, 0.25) is 5.91 Å². The van der Waals surface area contributed by atoms with Crippen LogP contribution in [0.2, 0.25) is 5.02 Å². The first kappa shape index (κ1) is 19.3. The minimum atomic E-state index is -0.103. The molecule has 0 atom stereocenters. The minimum absolute atomic E-state index is 0.103. The van der Waals surface area contributed by atoms with Crippen molar-refractivity contribution in [2.24, 2.45) is 7.05 Å². The lowest BCUT2D eigenvalue weighted by atomic mass is 10.2. The highest BCUT2D eigenvalue weighted by molar-refractivity contribution is 7.99. The zero-order valence-electron chi connectivity index (χ0n) is 15.2. The average Bonchev–Trinajstić information content (AvgIpc) is 3.02. The summed E-state index contributed by atoms with van der Waals surface area (Å²) in [5, 5.41) is 12.5. The number of nitrogens with one attached hydrogen (secondary N) is 1. The van der Waals surface area contributed by atoms with Crippen LogP contribution in [0.4, 0.5) is 5.69 Å². The quantitative estimate of drug-likeness (QED) is 0.626. The number of carbonyl (C=O) groups excluding carboxylic acids is 1. The van der Waals surface area contributed by atoms with E-state index < -0.39 is 0 Å². The Hall–Kier alpha value is -2.51. The molecule has 0 aliphatic carbocycles. The van der Waals surface area contributed by atoms with Crippen LogP contribution in [0.1, 0.15) is 5.56 Å². The summed E-state index contributed by atoms with van der Waals surface area (Å²) in [4.78, 5) is 12.2. The molecule has 1 heterocycles. The van der Waals surface area contributed by atoms with E-state index in [0.717, 1.165) is 16.8 Å². The Kier molecular flexibility index (Phi) is 6.03. The van der Waals surface area contributed by atoms with E-state index in [1.165, 1.54) is 11.8 Å². The van der Waals surface area contributed by atoms with Crippen LogP contribution in [-0.2, 0) is 11.8 Å². The number of nitrogens with zero attached hydrogens (tertiary/aromatic N) is 3. The van der Waals surface area contributed by atoms with E-state index in [0.29, 0.717) is 21.8 Å². The summed E-state index contributed by atoms with van der Waals surface area (Å²) < 4.78 is 7.20. The van der Waals surface area contributed by atoms with Gasteiger partial charge in [-0.3, -0.25) is 4.79 Å². The van der Waals surface area contributed by atoms with Gasteiger partial charge >= 0.3 is 0 Å². The van der Waals surface area contributed by atoms with Crippen LogP contribution in [0.3, 0.4) is 0 Å². The van der Waals surface area contributed by atoms with Crippen molar-refractivity contribution in [3.8, 4) is 17.1 Å². The number of thioether (sulfide) groups is 1. The third-order valence-electron chi connectivity index (χ3n) is 3.91. The van der Waals surface area contributed by atoms with Crippen molar-refractivity contribution in [1.82, 2.24) is 14.8 Å². The van der Waals surface area contributed by atoms with Crippen LogP contribution in [0, 0.1) is 6.92 Å². The van der Waals surface area contributed by atoms with Gasteiger partial charge in [0.1, 0.15) is 5.75 Å². The number of aromatic nitrogens is 3. The van der Waals surface area contributed by atoms with Gasteiger partial charge < -0.3 is 14.6 Å². The van der Waals surface area contributed by atoms with E-state index in [-0.39, 0.29) is 11.7 Å². The summed E-state index contributed by atoms with van der Waals surface area (Å²) in [5.41, 5.74) is 2.66. The van der Waals surface area contributed by atoms with Crippen LogP contribution in [-0.4, -0.2) is 33.5 Å². The third kappa shape index (κ3) is 4.61. The molecule has 6 nitrogen and oxygen atoms in total. The van der Waals surface area contributed by atoms with Crippen molar-refractivity contribution in [2.75, 3.05) is 18.2 Å². The lowest BCUT2D eigenvalue weighted by Crippen LogP contribution is -2.14. The molecule has 0 spiro atoms. The molecule has 3 aromatic rings. The van der Waals surface area contributed by atoms with Gasteiger partial charge in [-0.05, 0) is 37.3 Å². The molecule has 1 N–H and O–H groups in total. The fraction of sp³-hybridized carbons (Fsp3) is 0.211. The maximum atomic E-state index is 12.2. The molecule has 0 aliphatic heterocycles. The van der Waals surface area contributed by atoms with Crippen LogP contribution in [0.15, 0.2) is 47.6 Å². The standard InChI is InChI=1S/C19H19ClN4O2S/c1-12-4-7-14(8-5-12)21-17(25)11-27-19-23-22-18(24(19)2)15-10-13(20)6-9-16(15)26-3/h4-10H,11H2,1-3H3,(H,21,25). The number of rotatable bonds is 6. The predicted molar refractivity (Wildman–Crippen MR) is 109 cm³/mol. The smallest absolute Gasteiger partial charge is 0.234 e. The number of amides is 1. The van der Waals surface area contributed by atoms with Crippen molar-refractivity contribution < 1.29 is 9.53 Å². The van der Waals surface area contributed by atoms with Gasteiger partial charge in [-0.15, -0.1) is 10.2 Å². The SMILES string of the molecule is COc1ccc(Cl)cc1-c1nnc(SCC(=O)Nc2ccc(C)cc2)n1C. The molecule has 0 unspecified atom stereocenters. The van der Waals surface area contributed by atoms with Gasteiger partial charge in [-0.25, -0.2) is 0 Å². The monoisotopic (exact) mass is 402 g/mol. The van der Waals surface area contributed by atoms with Crippen molar-refractivity contribution in [3.05, 3.63) is 53.1 Å². The first-order chi connectivity index (χ1) is 13.0. The maximum Gasteiger partial charge on any atom is 0.234 e. The van der Waals surface area contributed by atoms with Crippen LogP contribution in [0.5, 0.6) is 5.75 Å². The van der Waals surface area contributed by atoms with E-state index in [9.17, 15) is 4.79 Å². The van der Waals surface area contributed by atoms with E-state index in [1.54, 1.807) is 25.3 Å². The lowest BCUT2D eigenvalue weighted by Gasteiger charge is -2.09. The fourth-order valence-electron chi connectivity index (χ4n) is 2.49. The number of ether oxygens (including phenoxy) is 1. The molecule has 0 bridgehead atoms. The normalized spacial score (nSPS) is 10.7. The molecule has 0 fully saturated rings. The third-order valence-corrected chi connectivity index (χ3v) is 5.16. The van der Waals surface area contributed by atoms with Gasteiger partial charge in [0.25, 0.3) is 0 Å². The first-order valence-corrected chi connectivity index (χ1v) is 9.57. The molecule has 1 amide bonds. The summed E-state index contributed by atoms with van der Waals surface area (Å²) in [6, 6.07) is 13.0. The Morgan fingerprint density at radius 2 is 1.96 bits per heavy atom. The summed E-state index contributed by atoms with van der Waals surface area (Å²) >= 11 is 7.42. The maximum absolute atomic E-state index is 12.2. The highest BCUT2D eigenvalue weighted by Crippen LogP contribution is 2.32. The van der Waals surface area contributed by atoms with E-state index in [1.807, 2.05) is 42.8 Å². The number of hydrogen-bond acceptors (Lipinski definition) is 5. The number of hydrogen-bond donors (Lipinski definition) is 1. The molecule has 140 valence electrons. The Labute approximate surface area is 166 Å². The van der Waals surface area contributed by atoms with Gasteiger partial charge in [0.05, 0.1) is 18.4 Å². The highest BCUT2D eigenvalue weighted by Gasteiger charge is 2.16. The van der Waals surface area contributed by atoms with Gasteiger partial charge in [-0.1, -0.05) is 41.1 Å². The number of benzene rings is 2. The second kappa shape index (κ2) is 8.45. The summed E-state index contributed by atoms with van der Waals surface area (Å²) in [7, 11) is 3.43. The van der Waals surface area contributed by atoms with Crippen molar-refractivity contribution >= 4 is 35.0 Å². The molecule has 1 aromatic heterocycles. The van der Waals surface area contributed by atoms with Crippen molar-refractivity contribution in [2.45, 2.75) is 12.1 Å². The fourth-order valence-corrected chi connectivity index (χ4v) is 3.38. The molecule has 0 saturated carbocycles.